The molecule has 1 amide bonds. The van der Waals surface area contributed by atoms with E-state index in [1.807, 2.05) is 18.2 Å². The first kappa shape index (κ1) is 12.7. The van der Waals surface area contributed by atoms with E-state index in [1.54, 1.807) is 23.1 Å². The third-order valence-electron chi connectivity index (χ3n) is 3.34. The average Bonchev–Trinajstić information content (AvgIpc) is 2.89. The van der Waals surface area contributed by atoms with Crippen LogP contribution in [0.1, 0.15) is 5.56 Å². The van der Waals surface area contributed by atoms with Crippen LogP contribution < -0.4 is 9.64 Å². The van der Waals surface area contributed by atoms with Gasteiger partial charge in [0.05, 0.1) is 0 Å². The van der Waals surface area contributed by atoms with Gasteiger partial charge in [-0.15, -0.1) is 0 Å². The highest BCUT2D eigenvalue weighted by Gasteiger charge is 2.25. The Labute approximate surface area is 116 Å². The van der Waals surface area contributed by atoms with Gasteiger partial charge in [0.25, 0.3) is 5.91 Å². The van der Waals surface area contributed by atoms with Gasteiger partial charge in [0.1, 0.15) is 11.6 Å². The summed E-state index contributed by atoms with van der Waals surface area (Å²) in [6.07, 6.45) is 0.685. The zero-order chi connectivity index (χ0) is 13.9. The number of benzene rings is 2. The molecule has 20 heavy (non-hydrogen) atoms. The second-order valence-electron chi connectivity index (χ2n) is 4.67. The van der Waals surface area contributed by atoms with Gasteiger partial charge in [-0.05, 0) is 42.3 Å². The van der Waals surface area contributed by atoms with E-state index in [0.717, 1.165) is 11.3 Å². The summed E-state index contributed by atoms with van der Waals surface area (Å²) in [5, 5.41) is 0. The van der Waals surface area contributed by atoms with Gasteiger partial charge in [0, 0.05) is 12.2 Å². The SMILES string of the molecule is O=C(COc1ccccc1)N1CCc2cc(F)ccc21. The minimum atomic E-state index is -0.265. The smallest absolute Gasteiger partial charge is 0.264 e. The number of amides is 1. The number of anilines is 1. The molecule has 0 N–H and O–H groups in total. The highest BCUT2D eigenvalue weighted by atomic mass is 19.1. The van der Waals surface area contributed by atoms with Gasteiger partial charge in [0.15, 0.2) is 6.61 Å². The predicted molar refractivity (Wildman–Crippen MR) is 74.4 cm³/mol. The van der Waals surface area contributed by atoms with Crippen molar-refractivity contribution in [2.24, 2.45) is 0 Å². The molecule has 2 aromatic rings. The Morgan fingerprint density at radius 2 is 2.00 bits per heavy atom. The normalized spacial score (nSPS) is 13.2. The topological polar surface area (TPSA) is 29.5 Å². The van der Waals surface area contributed by atoms with Crippen LogP contribution in [0.5, 0.6) is 5.75 Å². The zero-order valence-corrected chi connectivity index (χ0v) is 10.9. The molecule has 2 aromatic carbocycles. The molecule has 0 saturated heterocycles. The van der Waals surface area contributed by atoms with Crippen molar-refractivity contribution in [3.8, 4) is 5.75 Å². The monoisotopic (exact) mass is 271 g/mol. The molecule has 3 rings (SSSR count). The molecule has 0 fully saturated rings. The molecule has 4 heteroatoms. The van der Waals surface area contributed by atoms with Gasteiger partial charge in [-0.2, -0.15) is 0 Å². The Kier molecular flexibility index (Phi) is 3.37. The van der Waals surface area contributed by atoms with Crippen molar-refractivity contribution in [1.29, 1.82) is 0 Å². The van der Waals surface area contributed by atoms with Crippen molar-refractivity contribution < 1.29 is 13.9 Å². The van der Waals surface area contributed by atoms with Crippen molar-refractivity contribution in [2.45, 2.75) is 6.42 Å². The van der Waals surface area contributed by atoms with Crippen LogP contribution in [0.2, 0.25) is 0 Å². The molecule has 0 unspecified atom stereocenters. The number of nitrogens with zero attached hydrogens (tertiary/aromatic N) is 1. The van der Waals surface area contributed by atoms with E-state index in [-0.39, 0.29) is 18.3 Å². The molecule has 102 valence electrons. The fraction of sp³-hybridized carbons (Fsp3) is 0.188. The first-order chi connectivity index (χ1) is 9.74. The van der Waals surface area contributed by atoms with Gasteiger partial charge >= 0.3 is 0 Å². The van der Waals surface area contributed by atoms with Gasteiger partial charge < -0.3 is 9.64 Å². The number of carbonyl (C=O) groups excluding carboxylic acids is 1. The van der Waals surface area contributed by atoms with E-state index < -0.39 is 0 Å². The number of hydrogen-bond donors (Lipinski definition) is 0. The maximum Gasteiger partial charge on any atom is 0.264 e. The molecule has 0 aliphatic carbocycles. The Bertz CT molecular complexity index is 628. The summed E-state index contributed by atoms with van der Waals surface area (Å²) >= 11 is 0. The molecule has 0 saturated carbocycles. The molecule has 1 heterocycles. The van der Waals surface area contributed by atoms with Crippen molar-refractivity contribution >= 4 is 11.6 Å². The highest BCUT2D eigenvalue weighted by molar-refractivity contribution is 5.96. The summed E-state index contributed by atoms with van der Waals surface area (Å²) < 4.78 is 18.6. The van der Waals surface area contributed by atoms with Crippen LogP contribution in [0, 0.1) is 5.82 Å². The molecule has 1 aliphatic rings. The summed E-state index contributed by atoms with van der Waals surface area (Å²) in [4.78, 5) is 13.8. The fourth-order valence-electron chi connectivity index (χ4n) is 2.37. The Balaban J connectivity index is 1.68. The lowest BCUT2D eigenvalue weighted by Gasteiger charge is -2.17. The lowest BCUT2D eigenvalue weighted by molar-refractivity contribution is -0.120. The van der Waals surface area contributed by atoms with Crippen molar-refractivity contribution in [3.63, 3.8) is 0 Å². The maximum absolute atomic E-state index is 13.1. The average molecular weight is 271 g/mol. The summed E-state index contributed by atoms with van der Waals surface area (Å²) in [6.45, 7) is 0.566. The van der Waals surface area contributed by atoms with Crippen LogP contribution >= 0.6 is 0 Å². The predicted octanol–water partition coefficient (Wildman–Crippen LogP) is 2.79. The van der Waals surface area contributed by atoms with Crippen LogP contribution in [-0.2, 0) is 11.2 Å². The zero-order valence-electron chi connectivity index (χ0n) is 10.9. The van der Waals surface area contributed by atoms with Crippen molar-refractivity contribution in [2.75, 3.05) is 18.1 Å². The second-order valence-corrected chi connectivity index (χ2v) is 4.67. The third-order valence-corrected chi connectivity index (χ3v) is 3.34. The van der Waals surface area contributed by atoms with Crippen LogP contribution in [0.25, 0.3) is 0 Å². The summed E-state index contributed by atoms with van der Waals surface area (Å²) in [5.74, 6) is 0.289. The van der Waals surface area contributed by atoms with E-state index in [9.17, 15) is 9.18 Å². The van der Waals surface area contributed by atoms with Crippen LogP contribution in [-0.4, -0.2) is 19.1 Å². The first-order valence-electron chi connectivity index (χ1n) is 6.51. The Morgan fingerprint density at radius 1 is 1.20 bits per heavy atom. The molecule has 0 radical (unpaired) electrons. The first-order valence-corrected chi connectivity index (χ1v) is 6.51. The maximum atomic E-state index is 13.1. The minimum Gasteiger partial charge on any atom is -0.484 e. The van der Waals surface area contributed by atoms with Crippen molar-refractivity contribution in [1.82, 2.24) is 0 Å². The van der Waals surface area contributed by atoms with E-state index in [0.29, 0.717) is 18.7 Å². The number of fused-ring (bicyclic) bond motifs is 1. The van der Waals surface area contributed by atoms with Crippen LogP contribution in [0.4, 0.5) is 10.1 Å². The molecule has 3 nitrogen and oxygen atoms in total. The summed E-state index contributed by atoms with van der Waals surface area (Å²) in [7, 11) is 0. The highest BCUT2D eigenvalue weighted by Crippen LogP contribution is 2.28. The van der Waals surface area contributed by atoms with Crippen LogP contribution in [0.15, 0.2) is 48.5 Å². The van der Waals surface area contributed by atoms with Gasteiger partial charge in [-0.3, -0.25) is 4.79 Å². The number of hydrogen-bond acceptors (Lipinski definition) is 2. The molecule has 0 atom stereocenters. The van der Waals surface area contributed by atoms with E-state index in [1.165, 1.54) is 12.1 Å². The van der Waals surface area contributed by atoms with E-state index >= 15 is 0 Å². The van der Waals surface area contributed by atoms with Gasteiger partial charge in [0.2, 0.25) is 0 Å². The molecule has 0 spiro atoms. The number of halogens is 1. The molecule has 0 aromatic heterocycles. The van der Waals surface area contributed by atoms with Crippen LogP contribution in [0.3, 0.4) is 0 Å². The lowest BCUT2D eigenvalue weighted by Crippen LogP contribution is -2.33. The molecule has 1 aliphatic heterocycles. The largest absolute Gasteiger partial charge is 0.484 e. The summed E-state index contributed by atoms with van der Waals surface area (Å²) in [5.41, 5.74) is 1.66. The molecule has 0 bridgehead atoms. The molecular formula is C16H14FNO2. The van der Waals surface area contributed by atoms with Gasteiger partial charge in [-0.1, -0.05) is 18.2 Å². The Morgan fingerprint density at radius 3 is 2.80 bits per heavy atom. The number of para-hydroxylation sites is 1. The number of rotatable bonds is 3. The summed E-state index contributed by atoms with van der Waals surface area (Å²) in [6, 6.07) is 13.7. The van der Waals surface area contributed by atoms with E-state index in [2.05, 4.69) is 0 Å². The lowest BCUT2D eigenvalue weighted by atomic mass is 10.2. The quantitative estimate of drug-likeness (QED) is 0.859. The van der Waals surface area contributed by atoms with Gasteiger partial charge in [-0.25, -0.2) is 4.39 Å². The minimum absolute atomic E-state index is 0.0131. The Hall–Kier alpha value is -2.36. The third kappa shape index (κ3) is 2.50. The van der Waals surface area contributed by atoms with Crippen molar-refractivity contribution in [3.05, 3.63) is 59.9 Å². The number of ether oxygens (including phenoxy) is 1. The van der Waals surface area contributed by atoms with E-state index in [4.69, 9.17) is 4.74 Å². The molecular weight excluding hydrogens is 257 g/mol. The fourth-order valence-corrected chi connectivity index (χ4v) is 2.37. The standard InChI is InChI=1S/C16H14FNO2/c17-13-6-7-15-12(10-13)8-9-18(15)16(19)11-20-14-4-2-1-3-5-14/h1-7,10H,8-9,11H2. The second kappa shape index (κ2) is 5.33. The number of carbonyl (C=O) groups is 1.